The van der Waals surface area contributed by atoms with E-state index >= 15 is 0 Å². The number of methoxy groups -OCH3 is 1. The molecular formula is C16H30N2O2. The molecule has 2 atom stereocenters. The van der Waals surface area contributed by atoms with Crippen LogP contribution in [0.3, 0.4) is 0 Å². The lowest BCUT2D eigenvalue weighted by molar-refractivity contribution is -0.0240. The summed E-state index contributed by atoms with van der Waals surface area (Å²) in [4.78, 5) is 2.65. The van der Waals surface area contributed by atoms with Gasteiger partial charge in [-0.2, -0.15) is 0 Å². The molecule has 3 rings (SSSR count). The van der Waals surface area contributed by atoms with Gasteiger partial charge in [-0.1, -0.05) is 0 Å². The van der Waals surface area contributed by atoms with Gasteiger partial charge in [-0.25, -0.2) is 0 Å². The number of ether oxygens (including phenoxy) is 2. The minimum atomic E-state index is 0.350. The maximum absolute atomic E-state index is 5.83. The summed E-state index contributed by atoms with van der Waals surface area (Å²) in [7, 11) is 1.82. The zero-order valence-corrected chi connectivity index (χ0v) is 12.9. The minimum absolute atomic E-state index is 0.350. The molecular weight excluding hydrogens is 252 g/mol. The second-order valence-corrected chi connectivity index (χ2v) is 7.16. The van der Waals surface area contributed by atoms with E-state index < -0.39 is 0 Å². The lowest BCUT2D eigenvalue weighted by Crippen LogP contribution is -2.49. The highest BCUT2D eigenvalue weighted by molar-refractivity contribution is 4.92. The zero-order valence-electron chi connectivity index (χ0n) is 12.9. The summed E-state index contributed by atoms with van der Waals surface area (Å²) in [6, 6.07) is 0.800. The van der Waals surface area contributed by atoms with Gasteiger partial charge in [0.25, 0.3) is 0 Å². The van der Waals surface area contributed by atoms with E-state index in [2.05, 4.69) is 10.2 Å². The largest absolute Gasteiger partial charge is 0.384 e. The molecule has 2 aliphatic heterocycles. The van der Waals surface area contributed by atoms with Gasteiger partial charge in [0.15, 0.2) is 0 Å². The Morgan fingerprint density at radius 1 is 1.35 bits per heavy atom. The standard InChI is InChI=1S/C16H30N2O2/c1-19-10-14-5-7-18(9-14)12-16(6-2-8-20-13-16)11-17-15-3-4-15/h14-15,17H,2-13H2,1H3. The molecule has 1 N–H and O–H groups in total. The highest BCUT2D eigenvalue weighted by Crippen LogP contribution is 2.32. The van der Waals surface area contributed by atoms with Gasteiger partial charge in [-0.05, 0) is 44.6 Å². The van der Waals surface area contributed by atoms with Crippen molar-refractivity contribution in [2.75, 3.05) is 53.1 Å². The van der Waals surface area contributed by atoms with Crippen LogP contribution in [0, 0.1) is 11.3 Å². The quantitative estimate of drug-likeness (QED) is 0.767. The summed E-state index contributed by atoms with van der Waals surface area (Å²) >= 11 is 0. The van der Waals surface area contributed by atoms with E-state index in [4.69, 9.17) is 9.47 Å². The SMILES string of the molecule is COCC1CCN(CC2(CNC3CC3)CCCOC2)C1. The maximum atomic E-state index is 5.83. The third kappa shape index (κ3) is 3.94. The van der Waals surface area contributed by atoms with Crippen molar-refractivity contribution in [1.29, 1.82) is 0 Å². The molecule has 4 heteroatoms. The molecule has 0 aromatic heterocycles. The number of likely N-dealkylation sites (tertiary alicyclic amines) is 1. The Balaban J connectivity index is 1.52. The molecule has 0 amide bonds. The minimum Gasteiger partial charge on any atom is -0.384 e. The second-order valence-electron chi connectivity index (χ2n) is 7.16. The second kappa shape index (κ2) is 6.73. The zero-order chi connectivity index (χ0) is 13.8. The van der Waals surface area contributed by atoms with Gasteiger partial charge in [-0.15, -0.1) is 0 Å². The summed E-state index contributed by atoms with van der Waals surface area (Å²) in [5, 5.41) is 3.75. The Bertz CT molecular complexity index is 301. The van der Waals surface area contributed by atoms with Gasteiger partial charge in [0, 0.05) is 44.8 Å². The number of nitrogens with zero attached hydrogens (tertiary/aromatic N) is 1. The average molecular weight is 282 g/mol. The first kappa shape index (κ1) is 14.8. The smallest absolute Gasteiger partial charge is 0.0546 e. The van der Waals surface area contributed by atoms with Crippen molar-refractivity contribution < 1.29 is 9.47 Å². The number of rotatable bonds is 7. The maximum Gasteiger partial charge on any atom is 0.0546 e. The van der Waals surface area contributed by atoms with Crippen LogP contribution in [0.25, 0.3) is 0 Å². The van der Waals surface area contributed by atoms with Crippen molar-refractivity contribution in [1.82, 2.24) is 10.2 Å². The van der Waals surface area contributed by atoms with Crippen LogP contribution in [-0.2, 0) is 9.47 Å². The predicted molar refractivity (Wildman–Crippen MR) is 79.9 cm³/mol. The fourth-order valence-electron chi connectivity index (χ4n) is 3.78. The van der Waals surface area contributed by atoms with E-state index in [1.165, 1.54) is 51.7 Å². The Hall–Kier alpha value is -0.160. The van der Waals surface area contributed by atoms with E-state index in [1.54, 1.807) is 0 Å². The topological polar surface area (TPSA) is 33.7 Å². The Morgan fingerprint density at radius 2 is 2.25 bits per heavy atom. The third-order valence-corrected chi connectivity index (χ3v) is 5.08. The first-order valence-electron chi connectivity index (χ1n) is 8.32. The summed E-state index contributed by atoms with van der Waals surface area (Å²) in [6.07, 6.45) is 6.58. The normalized spacial score (nSPS) is 35.5. The fourth-order valence-corrected chi connectivity index (χ4v) is 3.78. The van der Waals surface area contributed by atoms with E-state index in [-0.39, 0.29) is 0 Å². The lowest BCUT2D eigenvalue weighted by atomic mass is 9.81. The molecule has 0 spiro atoms. The van der Waals surface area contributed by atoms with Crippen molar-refractivity contribution in [2.24, 2.45) is 11.3 Å². The van der Waals surface area contributed by atoms with E-state index in [0.717, 1.165) is 38.3 Å². The van der Waals surface area contributed by atoms with Crippen molar-refractivity contribution in [2.45, 2.75) is 38.1 Å². The van der Waals surface area contributed by atoms with Crippen molar-refractivity contribution in [3.05, 3.63) is 0 Å². The van der Waals surface area contributed by atoms with Gasteiger partial charge < -0.3 is 19.7 Å². The molecule has 1 saturated carbocycles. The summed E-state index contributed by atoms with van der Waals surface area (Å²) < 4.78 is 11.1. The van der Waals surface area contributed by atoms with E-state index in [9.17, 15) is 0 Å². The van der Waals surface area contributed by atoms with Crippen LogP contribution in [-0.4, -0.2) is 64.1 Å². The predicted octanol–water partition coefficient (Wildman–Crippen LogP) is 1.50. The van der Waals surface area contributed by atoms with Crippen LogP contribution in [0.2, 0.25) is 0 Å². The fraction of sp³-hybridized carbons (Fsp3) is 1.00. The van der Waals surface area contributed by atoms with Gasteiger partial charge in [0.1, 0.15) is 0 Å². The van der Waals surface area contributed by atoms with Crippen LogP contribution >= 0.6 is 0 Å². The summed E-state index contributed by atoms with van der Waals surface area (Å²) in [5.41, 5.74) is 0.350. The summed E-state index contributed by atoms with van der Waals surface area (Å²) in [6.45, 7) is 7.60. The molecule has 3 aliphatic rings. The molecule has 4 nitrogen and oxygen atoms in total. The molecule has 116 valence electrons. The Morgan fingerprint density at radius 3 is 2.95 bits per heavy atom. The first-order valence-corrected chi connectivity index (χ1v) is 8.32. The highest BCUT2D eigenvalue weighted by atomic mass is 16.5. The molecule has 0 radical (unpaired) electrons. The molecule has 0 aromatic rings. The molecule has 2 saturated heterocycles. The van der Waals surface area contributed by atoms with Gasteiger partial charge >= 0.3 is 0 Å². The highest BCUT2D eigenvalue weighted by Gasteiger charge is 2.38. The molecule has 2 unspecified atom stereocenters. The number of nitrogens with one attached hydrogen (secondary N) is 1. The number of hydrogen-bond donors (Lipinski definition) is 1. The van der Waals surface area contributed by atoms with Crippen LogP contribution in [0.1, 0.15) is 32.1 Å². The molecule has 1 aliphatic carbocycles. The van der Waals surface area contributed by atoms with Crippen LogP contribution in [0.5, 0.6) is 0 Å². The van der Waals surface area contributed by atoms with Crippen LogP contribution in [0.4, 0.5) is 0 Å². The number of hydrogen-bond acceptors (Lipinski definition) is 4. The van der Waals surface area contributed by atoms with Crippen molar-refractivity contribution in [3.63, 3.8) is 0 Å². The lowest BCUT2D eigenvalue weighted by Gasteiger charge is -2.40. The van der Waals surface area contributed by atoms with E-state index in [1.807, 2.05) is 7.11 Å². The molecule has 0 aromatic carbocycles. The summed E-state index contributed by atoms with van der Waals surface area (Å²) in [5.74, 6) is 0.734. The molecule has 0 bridgehead atoms. The van der Waals surface area contributed by atoms with Crippen LogP contribution in [0.15, 0.2) is 0 Å². The van der Waals surface area contributed by atoms with E-state index in [0.29, 0.717) is 5.41 Å². The molecule has 2 heterocycles. The first-order chi connectivity index (χ1) is 9.80. The van der Waals surface area contributed by atoms with Gasteiger partial charge in [0.2, 0.25) is 0 Å². The Kier molecular flexibility index (Phi) is 4.97. The van der Waals surface area contributed by atoms with Crippen LogP contribution < -0.4 is 5.32 Å². The third-order valence-electron chi connectivity index (χ3n) is 5.08. The monoisotopic (exact) mass is 282 g/mol. The van der Waals surface area contributed by atoms with Gasteiger partial charge in [0.05, 0.1) is 13.2 Å². The molecule has 3 fully saturated rings. The molecule has 20 heavy (non-hydrogen) atoms. The van der Waals surface area contributed by atoms with Gasteiger partial charge in [-0.3, -0.25) is 0 Å². The van der Waals surface area contributed by atoms with Crippen molar-refractivity contribution >= 4 is 0 Å². The Labute approximate surface area is 123 Å². The van der Waals surface area contributed by atoms with Crippen molar-refractivity contribution in [3.8, 4) is 0 Å². The average Bonchev–Trinajstić information content (AvgIpc) is 3.20.